The molecule has 2 bridgehead atoms. The Kier molecular flexibility index (Phi) is 2.11. The summed E-state index contributed by atoms with van der Waals surface area (Å²) in [5.41, 5.74) is 1.22. The summed E-state index contributed by atoms with van der Waals surface area (Å²) >= 11 is 17.6. The van der Waals surface area contributed by atoms with Crippen LogP contribution in [0, 0.1) is 11.8 Å². The van der Waals surface area contributed by atoms with Crippen LogP contribution in [0.5, 0.6) is 0 Å². The minimum Gasteiger partial charge on any atom is -0.122 e. The topological polar surface area (TPSA) is 0 Å². The van der Waals surface area contributed by atoms with Gasteiger partial charge < -0.3 is 0 Å². The number of rotatable bonds is 0. The van der Waals surface area contributed by atoms with Gasteiger partial charge in [0, 0.05) is 5.38 Å². The van der Waals surface area contributed by atoms with E-state index in [0.29, 0.717) is 21.7 Å². The van der Waals surface area contributed by atoms with Gasteiger partial charge in [-0.3, -0.25) is 0 Å². The standard InChI is InChI=1S/C8H9Cl3/c9-7-4-2-1-3-5(7)6(4)8(10)11/h4-5,7H,1-3H2/t4-,5+,7?. The van der Waals surface area contributed by atoms with E-state index < -0.39 is 0 Å². The maximum absolute atomic E-state index is 6.10. The van der Waals surface area contributed by atoms with Crippen molar-refractivity contribution in [3.05, 3.63) is 10.1 Å². The van der Waals surface area contributed by atoms with Crippen LogP contribution in [0.4, 0.5) is 0 Å². The van der Waals surface area contributed by atoms with Gasteiger partial charge in [0.1, 0.15) is 4.49 Å². The second kappa shape index (κ2) is 2.83. The molecule has 11 heavy (non-hydrogen) atoms. The molecule has 0 aromatic carbocycles. The number of fused-ring (bicyclic) bond motifs is 2. The van der Waals surface area contributed by atoms with E-state index in [4.69, 9.17) is 34.8 Å². The highest BCUT2D eigenvalue weighted by molar-refractivity contribution is 6.56. The summed E-state index contributed by atoms with van der Waals surface area (Å²) in [6, 6.07) is 0. The first kappa shape index (κ1) is 8.22. The summed E-state index contributed by atoms with van der Waals surface area (Å²) in [4.78, 5) is 0. The van der Waals surface area contributed by atoms with E-state index >= 15 is 0 Å². The smallest absolute Gasteiger partial charge is 0.106 e. The molecule has 3 saturated carbocycles. The summed E-state index contributed by atoms with van der Waals surface area (Å²) in [6.45, 7) is 0. The van der Waals surface area contributed by atoms with E-state index in [1.807, 2.05) is 0 Å². The second-order valence-corrected chi connectivity index (χ2v) is 4.76. The Morgan fingerprint density at radius 1 is 1.18 bits per heavy atom. The van der Waals surface area contributed by atoms with E-state index in [0.717, 1.165) is 0 Å². The zero-order chi connectivity index (χ0) is 8.01. The molecule has 62 valence electrons. The van der Waals surface area contributed by atoms with E-state index in [-0.39, 0.29) is 0 Å². The number of hydrogen-bond donors (Lipinski definition) is 0. The second-order valence-electron chi connectivity index (χ2n) is 3.30. The van der Waals surface area contributed by atoms with Gasteiger partial charge in [0.05, 0.1) is 0 Å². The van der Waals surface area contributed by atoms with Gasteiger partial charge in [-0.2, -0.15) is 0 Å². The van der Waals surface area contributed by atoms with Crippen molar-refractivity contribution < 1.29 is 0 Å². The monoisotopic (exact) mass is 210 g/mol. The molecule has 0 aromatic heterocycles. The number of hydrogen-bond acceptors (Lipinski definition) is 0. The van der Waals surface area contributed by atoms with Crippen molar-refractivity contribution in [1.82, 2.24) is 0 Å². The molecule has 3 rings (SSSR count). The lowest BCUT2D eigenvalue weighted by molar-refractivity contribution is 0.223. The molecule has 0 saturated heterocycles. The molecule has 0 heterocycles. The Balaban J connectivity index is 2.24. The normalized spacial score (nSPS) is 41.7. The van der Waals surface area contributed by atoms with E-state index in [9.17, 15) is 0 Å². The maximum atomic E-state index is 6.10. The fourth-order valence-corrected chi connectivity index (χ4v) is 3.33. The van der Waals surface area contributed by atoms with Crippen LogP contribution in [0.3, 0.4) is 0 Å². The van der Waals surface area contributed by atoms with Crippen molar-refractivity contribution in [3.8, 4) is 0 Å². The van der Waals surface area contributed by atoms with Crippen LogP contribution in [0.25, 0.3) is 0 Å². The van der Waals surface area contributed by atoms with Gasteiger partial charge in [-0.05, 0) is 30.3 Å². The largest absolute Gasteiger partial charge is 0.122 e. The molecule has 3 aliphatic rings. The molecule has 3 aliphatic carbocycles. The van der Waals surface area contributed by atoms with Gasteiger partial charge in [0.25, 0.3) is 0 Å². The number of halogens is 3. The quantitative estimate of drug-likeness (QED) is 0.536. The van der Waals surface area contributed by atoms with Crippen molar-refractivity contribution >= 4 is 34.8 Å². The van der Waals surface area contributed by atoms with Crippen molar-refractivity contribution in [2.45, 2.75) is 24.6 Å². The van der Waals surface area contributed by atoms with Gasteiger partial charge in [0.15, 0.2) is 0 Å². The number of allylic oxidation sites excluding steroid dienone is 1. The Bertz CT molecular complexity index is 191. The first-order valence-electron chi connectivity index (χ1n) is 3.91. The summed E-state index contributed by atoms with van der Waals surface area (Å²) in [6.07, 6.45) is 3.62. The molecule has 0 N–H and O–H groups in total. The van der Waals surface area contributed by atoms with Crippen LogP contribution in [-0.4, -0.2) is 5.38 Å². The van der Waals surface area contributed by atoms with E-state index in [1.165, 1.54) is 24.8 Å². The first-order valence-corrected chi connectivity index (χ1v) is 5.10. The molecule has 0 aromatic rings. The summed E-state index contributed by atoms with van der Waals surface area (Å²) in [7, 11) is 0. The van der Waals surface area contributed by atoms with Crippen molar-refractivity contribution in [2.24, 2.45) is 11.8 Å². The molecule has 0 amide bonds. The molecule has 0 aliphatic heterocycles. The molecule has 0 radical (unpaired) electrons. The molecule has 3 fully saturated rings. The van der Waals surface area contributed by atoms with E-state index in [1.54, 1.807) is 0 Å². The van der Waals surface area contributed by atoms with Crippen LogP contribution in [0.1, 0.15) is 19.3 Å². The van der Waals surface area contributed by atoms with Crippen LogP contribution in [0.2, 0.25) is 0 Å². The van der Waals surface area contributed by atoms with Crippen molar-refractivity contribution in [1.29, 1.82) is 0 Å². The molecular weight excluding hydrogens is 202 g/mol. The third-order valence-corrected chi connectivity index (χ3v) is 3.86. The molecule has 0 spiro atoms. The highest BCUT2D eigenvalue weighted by Gasteiger charge is 2.48. The third-order valence-electron chi connectivity index (χ3n) is 2.82. The lowest BCUT2D eigenvalue weighted by Crippen LogP contribution is -2.44. The minimum atomic E-state index is 0.311. The van der Waals surface area contributed by atoms with Crippen LogP contribution < -0.4 is 0 Å². The third kappa shape index (κ3) is 1.11. The zero-order valence-electron chi connectivity index (χ0n) is 5.99. The summed E-state index contributed by atoms with van der Waals surface area (Å²) in [5, 5.41) is 0.311. The average Bonchev–Trinajstić information content (AvgIpc) is 2.02. The van der Waals surface area contributed by atoms with Gasteiger partial charge in [0.2, 0.25) is 0 Å². The minimum absolute atomic E-state index is 0.311. The Morgan fingerprint density at radius 3 is 2.00 bits per heavy atom. The van der Waals surface area contributed by atoms with Crippen LogP contribution >= 0.6 is 34.8 Å². The average molecular weight is 212 g/mol. The molecule has 0 nitrogen and oxygen atoms in total. The van der Waals surface area contributed by atoms with Crippen LogP contribution in [0.15, 0.2) is 10.1 Å². The van der Waals surface area contributed by atoms with Crippen LogP contribution in [-0.2, 0) is 0 Å². The van der Waals surface area contributed by atoms with E-state index in [2.05, 4.69) is 0 Å². The highest BCUT2D eigenvalue weighted by Crippen LogP contribution is 2.55. The molecule has 3 heteroatoms. The Morgan fingerprint density at radius 2 is 1.73 bits per heavy atom. The fourth-order valence-electron chi connectivity index (χ4n) is 2.25. The van der Waals surface area contributed by atoms with Gasteiger partial charge in [-0.25, -0.2) is 0 Å². The maximum Gasteiger partial charge on any atom is 0.106 e. The first-order chi connectivity index (χ1) is 5.22. The predicted molar refractivity (Wildman–Crippen MR) is 49.2 cm³/mol. The predicted octanol–water partition coefficient (Wildman–Crippen LogP) is 3.71. The zero-order valence-corrected chi connectivity index (χ0v) is 8.26. The fraction of sp³-hybridized carbons (Fsp3) is 0.750. The molecular formula is C8H9Cl3. The Labute approximate surface area is 81.5 Å². The van der Waals surface area contributed by atoms with Gasteiger partial charge in [-0.15, -0.1) is 11.6 Å². The Hall–Kier alpha value is 0.610. The highest BCUT2D eigenvalue weighted by atomic mass is 35.5. The SMILES string of the molecule is ClC(Cl)=C1[C@H]2CCC[C@@H]1C2Cl. The van der Waals surface area contributed by atoms with Crippen molar-refractivity contribution in [2.75, 3.05) is 0 Å². The van der Waals surface area contributed by atoms with Crippen molar-refractivity contribution in [3.63, 3.8) is 0 Å². The molecule has 1 unspecified atom stereocenters. The summed E-state index contributed by atoms with van der Waals surface area (Å²) in [5.74, 6) is 0.973. The molecule has 3 atom stereocenters. The number of alkyl halides is 1. The lowest BCUT2D eigenvalue weighted by atomic mass is 9.61. The van der Waals surface area contributed by atoms with Gasteiger partial charge >= 0.3 is 0 Å². The summed E-state index contributed by atoms with van der Waals surface area (Å²) < 4.78 is 0.469. The lowest BCUT2D eigenvalue weighted by Gasteiger charge is -2.48. The van der Waals surface area contributed by atoms with Gasteiger partial charge in [-0.1, -0.05) is 29.6 Å².